The fourth-order valence-electron chi connectivity index (χ4n) is 5.49. The molecule has 1 N–H and O–H groups in total. The lowest BCUT2D eigenvalue weighted by atomic mass is 10.0. The van der Waals surface area contributed by atoms with Crippen molar-refractivity contribution < 1.29 is 4.79 Å². The van der Waals surface area contributed by atoms with Gasteiger partial charge in [0.25, 0.3) is 5.91 Å². The van der Waals surface area contributed by atoms with Crippen LogP contribution in [0.15, 0.2) is 42.7 Å². The van der Waals surface area contributed by atoms with Crippen molar-refractivity contribution in [3.63, 3.8) is 0 Å². The van der Waals surface area contributed by atoms with Gasteiger partial charge in [-0.15, -0.1) is 0 Å². The lowest BCUT2D eigenvalue weighted by Crippen LogP contribution is -2.52. The number of aromatic nitrogens is 4. The fraction of sp³-hybridized carbons (Fsp3) is 0.500. The molecule has 0 unspecified atom stereocenters. The maximum atomic E-state index is 13.1. The number of piperazine rings is 1. The second-order valence-corrected chi connectivity index (χ2v) is 10.5. The number of aryl methyl sites for hydroxylation is 1. The number of amides is 1. The van der Waals surface area contributed by atoms with Crippen molar-refractivity contribution in [2.24, 2.45) is 0 Å². The molecule has 0 bridgehead atoms. The Balaban J connectivity index is 1.19. The first-order valence-electron chi connectivity index (χ1n) is 13.3. The van der Waals surface area contributed by atoms with Crippen LogP contribution in [0.1, 0.15) is 48.9 Å². The molecule has 2 fully saturated rings. The second-order valence-electron chi connectivity index (χ2n) is 10.5. The molecule has 1 amide bonds. The minimum atomic E-state index is 0.110. The summed E-state index contributed by atoms with van der Waals surface area (Å²) in [6, 6.07) is 10.4. The van der Waals surface area contributed by atoms with Gasteiger partial charge in [0.15, 0.2) is 0 Å². The van der Waals surface area contributed by atoms with Crippen LogP contribution in [0.5, 0.6) is 0 Å². The van der Waals surface area contributed by atoms with Crippen LogP contribution in [-0.2, 0) is 0 Å². The number of nitrogens with zero attached hydrogens (tertiary/aromatic N) is 7. The van der Waals surface area contributed by atoms with Gasteiger partial charge >= 0.3 is 0 Å². The molecular weight excluding hydrogens is 464 g/mol. The Labute approximate surface area is 219 Å². The van der Waals surface area contributed by atoms with Crippen LogP contribution < -0.4 is 5.32 Å². The maximum Gasteiger partial charge on any atom is 0.253 e. The van der Waals surface area contributed by atoms with Gasteiger partial charge in [0.2, 0.25) is 5.95 Å². The molecule has 9 heteroatoms. The molecule has 0 radical (unpaired) electrons. The highest BCUT2D eigenvalue weighted by Gasteiger charge is 2.28. The van der Waals surface area contributed by atoms with Gasteiger partial charge in [-0.1, -0.05) is 0 Å². The number of carbonyl (C=O) groups is 1. The number of hydrogen-bond donors (Lipinski definition) is 1. The van der Waals surface area contributed by atoms with Gasteiger partial charge in [0.1, 0.15) is 5.82 Å². The summed E-state index contributed by atoms with van der Waals surface area (Å²) < 4.78 is 2.17. The van der Waals surface area contributed by atoms with E-state index >= 15 is 0 Å². The zero-order valence-corrected chi connectivity index (χ0v) is 22.4. The Morgan fingerprint density at radius 3 is 2.35 bits per heavy atom. The van der Waals surface area contributed by atoms with Gasteiger partial charge < -0.3 is 19.7 Å². The van der Waals surface area contributed by atoms with Gasteiger partial charge in [-0.2, -0.15) is 0 Å². The van der Waals surface area contributed by atoms with Crippen molar-refractivity contribution in [3.8, 4) is 11.4 Å². The van der Waals surface area contributed by atoms with E-state index < -0.39 is 0 Å². The molecule has 0 aliphatic carbocycles. The van der Waals surface area contributed by atoms with Crippen molar-refractivity contribution >= 4 is 17.5 Å². The lowest BCUT2D eigenvalue weighted by Gasteiger charge is -2.42. The van der Waals surface area contributed by atoms with Crippen LogP contribution in [0.25, 0.3) is 11.4 Å². The fourth-order valence-corrected chi connectivity index (χ4v) is 5.49. The highest BCUT2D eigenvalue weighted by atomic mass is 16.2. The Morgan fingerprint density at radius 2 is 1.68 bits per heavy atom. The number of carbonyl (C=O) groups excluding carboxylic acids is 1. The van der Waals surface area contributed by atoms with Crippen LogP contribution in [0.3, 0.4) is 0 Å². The van der Waals surface area contributed by atoms with Gasteiger partial charge in [-0.05, 0) is 71.0 Å². The first-order chi connectivity index (χ1) is 17.9. The summed E-state index contributed by atoms with van der Waals surface area (Å²) in [6.45, 7) is 12.5. The van der Waals surface area contributed by atoms with E-state index in [2.05, 4.69) is 50.5 Å². The first-order valence-corrected chi connectivity index (χ1v) is 13.3. The number of nitrogens with one attached hydrogen (secondary N) is 1. The molecule has 2 aromatic heterocycles. The third kappa shape index (κ3) is 5.67. The molecule has 0 spiro atoms. The lowest BCUT2D eigenvalue weighted by molar-refractivity contribution is 0.0519. The minimum absolute atomic E-state index is 0.110. The number of rotatable bonds is 6. The molecule has 9 nitrogen and oxygen atoms in total. The monoisotopic (exact) mass is 502 g/mol. The maximum absolute atomic E-state index is 13.1. The topological polar surface area (TPSA) is 82.4 Å². The van der Waals surface area contributed by atoms with Crippen molar-refractivity contribution in [2.45, 2.75) is 45.7 Å². The summed E-state index contributed by atoms with van der Waals surface area (Å²) in [5, 5.41) is 3.27. The van der Waals surface area contributed by atoms with E-state index in [4.69, 9.17) is 4.98 Å². The third-order valence-electron chi connectivity index (χ3n) is 7.61. The summed E-state index contributed by atoms with van der Waals surface area (Å²) in [5.74, 6) is 1.58. The highest BCUT2D eigenvalue weighted by molar-refractivity contribution is 5.94. The quantitative estimate of drug-likeness (QED) is 0.549. The smallest absolute Gasteiger partial charge is 0.253 e. The number of anilines is 2. The van der Waals surface area contributed by atoms with E-state index in [1.54, 1.807) is 6.20 Å². The van der Waals surface area contributed by atoms with Gasteiger partial charge in [0.05, 0.1) is 17.6 Å². The second kappa shape index (κ2) is 11.0. The van der Waals surface area contributed by atoms with Crippen molar-refractivity contribution in [1.82, 2.24) is 34.2 Å². The Kier molecular flexibility index (Phi) is 7.53. The minimum Gasteiger partial charge on any atom is -0.339 e. The van der Waals surface area contributed by atoms with Crippen LogP contribution in [0.4, 0.5) is 11.6 Å². The predicted molar refractivity (Wildman–Crippen MR) is 146 cm³/mol. The van der Waals surface area contributed by atoms with Crippen LogP contribution >= 0.6 is 0 Å². The molecule has 2 aliphatic rings. The summed E-state index contributed by atoms with van der Waals surface area (Å²) in [5.41, 5.74) is 3.35. The molecule has 4 heterocycles. The number of piperidine rings is 1. The number of benzene rings is 1. The zero-order valence-electron chi connectivity index (χ0n) is 22.4. The first kappa shape index (κ1) is 25.4. The average Bonchev–Trinajstić information content (AvgIpc) is 3.31. The molecule has 3 aromatic rings. The van der Waals surface area contributed by atoms with Gasteiger partial charge in [0, 0.05) is 68.8 Å². The molecule has 2 saturated heterocycles. The van der Waals surface area contributed by atoms with E-state index in [-0.39, 0.29) is 11.9 Å². The van der Waals surface area contributed by atoms with Crippen molar-refractivity contribution in [3.05, 3.63) is 54.1 Å². The van der Waals surface area contributed by atoms with E-state index in [1.807, 2.05) is 48.4 Å². The number of likely N-dealkylation sites (tertiary alicyclic amines) is 1. The van der Waals surface area contributed by atoms with Gasteiger partial charge in [-0.25, -0.2) is 15.0 Å². The van der Waals surface area contributed by atoms with E-state index in [0.29, 0.717) is 12.0 Å². The van der Waals surface area contributed by atoms with Crippen LogP contribution in [0, 0.1) is 6.92 Å². The van der Waals surface area contributed by atoms with E-state index in [9.17, 15) is 4.79 Å². The normalized spacial score (nSPS) is 17.9. The number of imidazole rings is 1. The zero-order chi connectivity index (χ0) is 25.9. The summed E-state index contributed by atoms with van der Waals surface area (Å²) in [6.07, 6.45) is 5.72. The Morgan fingerprint density at radius 1 is 0.973 bits per heavy atom. The third-order valence-corrected chi connectivity index (χ3v) is 7.61. The van der Waals surface area contributed by atoms with E-state index in [1.165, 1.54) is 0 Å². The molecule has 5 rings (SSSR count). The van der Waals surface area contributed by atoms with Crippen LogP contribution in [0.2, 0.25) is 0 Å². The molecular formula is C28H38N8O. The molecule has 196 valence electrons. The largest absolute Gasteiger partial charge is 0.339 e. The Hall–Kier alpha value is -3.30. The molecule has 2 aliphatic heterocycles. The van der Waals surface area contributed by atoms with Crippen molar-refractivity contribution in [1.29, 1.82) is 0 Å². The predicted octanol–water partition coefficient (Wildman–Crippen LogP) is 3.83. The molecule has 37 heavy (non-hydrogen) atoms. The molecule has 1 aromatic carbocycles. The number of hydrogen-bond acceptors (Lipinski definition) is 7. The SMILES string of the molecule is Cc1ncc(-c2ccnc(Nc3ccc(C(=O)N4CCC(N5CCN(C)CC5)CC4)cc3)n2)n1C(C)C. The standard InChI is InChI=1S/C28H38N8O/c1-20(2)36-21(3)30-19-26(36)25-9-12-29-28(32-25)31-23-7-5-22(6-8-23)27(37)35-13-10-24(11-14-35)34-17-15-33(4)16-18-34/h5-9,12,19-20,24H,10-11,13-18H2,1-4H3,(H,29,31,32). The average molecular weight is 503 g/mol. The van der Waals surface area contributed by atoms with Gasteiger partial charge in [-0.3, -0.25) is 9.69 Å². The molecule has 0 saturated carbocycles. The summed E-state index contributed by atoms with van der Waals surface area (Å²) in [7, 11) is 2.19. The van der Waals surface area contributed by atoms with Crippen molar-refractivity contribution in [2.75, 3.05) is 51.6 Å². The Bertz CT molecular complexity index is 1210. The van der Waals surface area contributed by atoms with Crippen LogP contribution in [-0.4, -0.2) is 92.5 Å². The summed E-state index contributed by atoms with van der Waals surface area (Å²) >= 11 is 0. The molecule has 0 atom stereocenters. The summed E-state index contributed by atoms with van der Waals surface area (Å²) in [4.78, 5) is 33.7. The number of likely N-dealkylation sites (N-methyl/N-ethyl adjacent to an activating group) is 1. The van der Waals surface area contributed by atoms with E-state index in [0.717, 1.165) is 80.6 Å². The highest BCUT2D eigenvalue weighted by Crippen LogP contribution is 2.25.